The molecule has 0 saturated heterocycles. The number of aromatic nitrogens is 1. The van der Waals surface area contributed by atoms with Gasteiger partial charge in [-0.15, -0.1) is 0 Å². The zero-order valence-electron chi connectivity index (χ0n) is 11.8. The molecule has 1 aromatic carbocycles. The minimum atomic E-state index is -0.0513. The zero-order chi connectivity index (χ0) is 14.4. The van der Waals surface area contributed by atoms with Crippen molar-refractivity contribution in [3.63, 3.8) is 0 Å². The summed E-state index contributed by atoms with van der Waals surface area (Å²) >= 11 is 0. The number of hydrogen-bond donors (Lipinski definition) is 2. The van der Waals surface area contributed by atoms with E-state index in [0.29, 0.717) is 18.7 Å². The molecule has 1 amide bonds. The molecule has 4 heteroatoms. The molecule has 20 heavy (non-hydrogen) atoms. The molecule has 1 heterocycles. The van der Waals surface area contributed by atoms with Gasteiger partial charge >= 0.3 is 0 Å². The van der Waals surface area contributed by atoms with Gasteiger partial charge in [0.15, 0.2) is 0 Å². The summed E-state index contributed by atoms with van der Waals surface area (Å²) in [5, 5.41) is 6.07. The van der Waals surface area contributed by atoms with Gasteiger partial charge in [-0.3, -0.25) is 9.78 Å². The van der Waals surface area contributed by atoms with Crippen LogP contribution in [0, 0.1) is 6.92 Å². The van der Waals surface area contributed by atoms with Crippen LogP contribution >= 0.6 is 0 Å². The van der Waals surface area contributed by atoms with Gasteiger partial charge in [0.2, 0.25) is 0 Å². The maximum atomic E-state index is 11.8. The lowest BCUT2D eigenvalue weighted by Crippen LogP contribution is -2.22. The van der Waals surface area contributed by atoms with Gasteiger partial charge in [-0.05, 0) is 43.7 Å². The molecule has 0 bridgehead atoms. The van der Waals surface area contributed by atoms with Crippen molar-refractivity contribution in [3.8, 4) is 0 Å². The van der Waals surface area contributed by atoms with E-state index in [1.807, 2.05) is 50.4 Å². The van der Waals surface area contributed by atoms with E-state index in [1.54, 1.807) is 6.07 Å². The van der Waals surface area contributed by atoms with Gasteiger partial charge in [-0.1, -0.05) is 12.1 Å². The monoisotopic (exact) mass is 269 g/mol. The summed E-state index contributed by atoms with van der Waals surface area (Å²) in [4.78, 5) is 16.1. The molecule has 0 unspecified atom stereocenters. The molecule has 0 fully saturated rings. The first kappa shape index (κ1) is 14.1. The summed E-state index contributed by atoms with van der Waals surface area (Å²) in [6.07, 6.45) is 1.85. The molecule has 2 N–H and O–H groups in total. The van der Waals surface area contributed by atoms with Crippen LogP contribution in [0.2, 0.25) is 0 Å². The largest absolute Gasteiger partial charge is 0.379 e. The van der Waals surface area contributed by atoms with E-state index >= 15 is 0 Å². The summed E-state index contributed by atoms with van der Waals surface area (Å²) < 4.78 is 0. The van der Waals surface area contributed by atoms with Crippen molar-refractivity contribution in [3.05, 3.63) is 59.4 Å². The molecule has 1 aromatic heterocycles. The maximum absolute atomic E-state index is 11.8. The number of nitrogens with zero attached hydrogens (tertiary/aromatic N) is 1. The second kappa shape index (κ2) is 6.70. The maximum Gasteiger partial charge on any atom is 0.251 e. The van der Waals surface area contributed by atoms with Gasteiger partial charge in [-0.2, -0.15) is 0 Å². The van der Waals surface area contributed by atoms with Crippen LogP contribution in [0.5, 0.6) is 0 Å². The lowest BCUT2D eigenvalue weighted by atomic mass is 10.2. The van der Waals surface area contributed by atoms with Crippen molar-refractivity contribution in [1.82, 2.24) is 10.3 Å². The van der Waals surface area contributed by atoms with Crippen LogP contribution in [0.1, 0.15) is 28.5 Å². The fourth-order valence-electron chi connectivity index (χ4n) is 1.83. The van der Waals surface area contributed by atoms with Gasteiger partial charge in [0.05, 0.1) is 12.2 Å². The SMILES string of the molecule is CCNC(=O)c1cccc(NCc2ccc(C)cn2)c1. The summed E-state index contributed by atoms with van der Waals surface area (Å²) in [6, 6.07) is 11.5. The molecule has 0 radical (unpaired) electrons. The normalized spacial score (nSPS) is 10.1. The average molecular weight is 269 g/mol. The Morgan fingerprint density at radius 2 is 2.10 bits per heavy atom. The molecule has 0 aliphatic rings. The third-order valence-electron chi connectivity index (χ3n) is 2.91. The molecule has 0 saturated carbocycles. The van der Waals surface area contributed by atoms with Crippen LogP contribution in [0.4, 0.5) is 5.69 Å². The van der Waals surface area contributed by atoms with Crippen LogP contribution in [0.15, 0.2) is 42.6 Å². The summed E-state index contributed by atoms with van der Waals surface area (Å²) in [5.74, 6) is -0.0513. The number of benzene rings is 1. The number of rotatable bonds is 5. The molecular formula is C16H19N3O. The zero-order valence-corrected chi connectivity index (χ0v) is 11.8. The van der Waals surface area contributed by atoms with Crippen molar-refractivity contribution in [2.75, 3.05) is 11.9 Å². The third kappa shape index (κ3) is 3.82. The van der Waals surface area contributed by atoms with Gasteiger partial charge in [0.25, 0.3) is 5.91 Å². The topological polar surface area (TPSA) is 54.0 Å². The first-order valence-electron chi connectivity index (χ1n) is 6.72. The van der Waals surface area contributed by atoms with E-state index < -0.39 is 0 Å². The van der Waals surface area contributed by atoms with Gasteiger partial charge in [0.1, 0.15) is 0 Å². The Kier molecular flexibility index (Phi) is 4.71. The quantitative estimate of drug-likeness (QED) is 0.877. The Morgan fingerprint density at radius 1 is 1.25 bits per heavy atom. The van der Waals surface area contributed by atoms with Crippen LogP contribution < -0.4 is 10.6 Å². The number of amides is 1. The summed E-state index contributed by atoms with van der Waals surface area (Å²) in [5.41, 5.74) is 3.69. The minimum absolute atomic E-state index is 0.0513. The van der Waals surface area contributed by atoms with Crippen LogP contribution in [-0.2, 0) is 6.54 Å². The Morgan fingerprint density at radius 3 is 2.80 bits per heavy atom. The van der Waals surface area contributed by atoms with Crippen LogP contribution in [0.25, 0.3) is 0 Å². The molecule has 0 aliphatic heterocycles. The average Bonchev–Trinajstić information content (AvgIpc) is 2.47. The highest BCUT2D eigenvalue weighted by molar-refractivity contribution is 5.95. The second-order valence-electron chi connectivity index (χ2n) is 4.62. The predicted octanol–water partition coefficient (Wildman–Crippen LogP) is 2.75. The van der Waals surface area contributed by atoms with E-state index in [1.165, 1.54) is 0 Å². The Bertz CT molecular complexity index is 579. The lowest BCUT2D eigenvalue weighted by Gasteiger charge is -2.08. The summed E-state index contributed by atoms with van der Waals surface area (Å²) in [6.45, 7) is 5.19. The van der Waals surface area contributed by atoms with E-state index in [-0.39, 0.29) is 5.91 Å². The van der Waals surface area contributed by atoms with E-state index in [0.717, 1.165) is 16.9 Å². The van der Waals surface area contributed by atoms with Gasteiger partial charge < -0.3 is 10.6 Å². The minimum Gasteiger partial charge on any atom is -0.379 e. The highest BCUT2D eigenvalue weighted by atomic mass is 16.1. The molecule has 0 spiro atoms. The van der Waals surface area contributed by atoms with Crippen LogP contribution in [-0.4, -0.2) is 17.4 Å². The highest BCUT2D eigenvalue weighted by Gasteiger charge is 2.04. The first-order chi connectivity index (χ1) is 9.69. The molecule has 0 aliphatic carbocycles. The standard InChI is InChI=1S/C16H19N3O/c1-3-17-16(20)13-5-4-6-14(9-13)19-11-15-8-7-12(2)10-18-15/h4-10,19H,3,11H2,1-2H3,(H,17,20). The van der Waals surface area contributed by atoms with E-state index in [9.17, 15) is 4.79 Å². The Balaban J connectivity index is 2.01. The molecular weight excluding hydrogens is 250 g/mol. The number of nitrogens with one attached hydrogen (secondary N) is 2. The number of pyridine rings is 1. The number of hydrogen-bond acceptors (Lipinski definition) is 3. The molecule has 2 aromatic rings. The van der Waals surface area contributed by atoms with Crippen LogP contribution in [0.3, 0.4) is 0 Å². The highest BCUT2D eigenvalue weighted by Crippen LogP contribution is 2.12. The van der Waals surface area contributed by atoms with Crippen molar-refractivity contribution in [2.45, 2.75) is 20.4 Å². The van der Waals surface area contributed by atoms with Crippen molar-refractivity contribution < 1.29 is 4.79 Å². The second-order valence-corrected chi connectivity index (χ2v) is 4.62. The Labute approximate surface area is 119 Å². The number of aryl methyl sites for hydroxylation is 1. The van der Waals surface area contributed by atoms with Crippen molar-refractivity contribution in [1.29, 1.82) is 0 Å². The van der Waals surface area contributed by atoms with Gasteiger partial charge in [0, 0.05) is 24.0 Å². The van der Waals surface area contributed by atoms with E-state index in [4.69, 9.17) is 0 Å². The van der Waals surface area contributed by atoms with Crippen molar-refractivity contribution in [2.24, 2.45) is 0 Å². The fraction of sp³-hybridized carbons (Fsp3) is 0.250. The van der Waals surface area contributed by atoms with Gasteiger partial charge in [-0.25, -0.2) is 0 Å². The molecule has 104 valence electrons. The van der Waals surface area contributed by atoms with Crippen molar-refractivity contribution >= 4 is 11.6 Å². The molecule has 2 rings (SSSR count). The lowest BCUT2D eigenvalue weighted by molar-refractivity contribution is 0.0956. The molecule has 4 nitrogen and oxygen atoms in total. The summed E-state index contributed by atoms with van der Waals surface area (Å²) in [7, 11) is 0. The number of carbonyl (C=O) groups excluding carboxylic acids is 1. The van der Waals surface area contributed by atoms with E-state index in [2.05, 4.69) is 15.6 Å². The third-order valence-corrected chi connectivity index (χ3v) is 2.91. The Hall–Kier alpha value is -2.36. The first-order valence-corrected chi connectivity index (χ1v) is 6.72. The number of anilines is 1. The predicted molar refractivity (Wildman–Crippen MR) is 80.7 cm³/mol. The fourth-order valence-corrected chi connectivity index (χ4v) is 1.83. The smallest absolute Gasteiger partial charge is 0.251 e. The number of carbonyl (C=O) groups is 1. The molecule has 0 atom stereocenters.